The van der Waals surface area contributed by atoms with Gasteiger partial charge in [0.25, 0.3) is 0 Å². The zero-order chi connectivity index (χ0) is 18.1. The highest BCUT2D eigenvalue weighted by Gasteiger charge is 2.27. The monoisotopic (exact) mass is 419 g/mol. The first-order valence-electron chi connectivity index (χ1n) is 8.66. The number of benzene rings is 1. The number of nitrogens with zero attached hydrogens (tertiary/aromatic N) is 4. The number of nitrogens with one attached hydrogen (secondary N) is 1. The molecule has 1 saturated heterocycles. The molecule has 0 radical (unpaired) electrons. The van der Waals surface area contributed by atoms with Gasteiger partial charge in [0.2, 0.25) is 6.79 Å². The van der Waals surface area contributed by atoms with E-state index in [1.807, 2.05) is 31.0 Å². The quantitative estimate of drug-likeness (QED) is 0.611. The highest BCUT2D eigenvalue weighted by atomic mass is 79.9. The lowest BCUT2D eigenvalue weighted by Crippen LogP contribution is -2.39. The Labute approximate surface area is 161 Å². The Balaban J connectivity index is 1.39. The van der Waals surface area contributed by atoms with Crippen LogP contribution < -0.4 is 14.8 Å². The second-order valence-corrected chi connectivity index (χ2v) is 7.45. The Morgan fingerprint density at radius 3 is 3.08 bits per heavy atom. The SMILES string of the molecule is CN=C(NCc1cc(Br)c2c(c1)OCO2)N1CCC(c2cnn(C)c2)C1. The average molecular weight is 420 g/mol. The second-order valence-electron chi connectivity index (χ2n) is 6.59. The van der Waals surface area contributed by atoms with Crippen LogP contribution in [0, 0.1) is 0 Å². The molecular weight excluding hydrogens is 398 g/mol. The number of aromatic nitrogens is 2. The first-order chi connectivity index (χ1) is 12.6. The molecule has 4 rings (SSSR count). The molecule has 0 bridgehead atoms. The van der Waals surface area contributed by atoms with Crippen LogP contribution >= 0.6 is 15.9 Å². The lowest BCUT2D eigenvalue weighted by Gasteiger charge is -2.21. The number of aryl methyl sites for hydroxylation is 1. The minimum absolute atomic E-state index is 0.274. The lowest BCUT2D eigenvalue weighted by atomic mass is 10.0. The van der Waals surface area contributed by atoms with Crippen LogP contribution in [0.5, 0.6) is 11.5 Å². The molecule has 3 heterocycles. The van der Waals surface area contributed by atoms with Gasteiger partial charge in [-0.05, 0) is 45.6 Å². The van der Waals surface area contributed by atoms with Crippen LogP contribution in [0.15, 0.2) is 34.0 Å². The van der Waals surface area contributed by atoms with Gasteiger partial charge >= 0.3 is 0 Å². The summed E-state index contributed by atoms with van der Waals surface area (Å²) >= 11 is 3.54. The van der Waals surface area contributed by atoms with E-state index in [1.165, 1.54) is 5.56 Å². The van der Waals surface area contributed by atoms with Crippen LogP contribution in [-0.2, 0) is 13.6 Å². The van der Waals surface area contributed by atoms with Crippen molar-refractivity contribution in [1.82, 2.24) is 20.0 Å². The van der Waals surface area contributed by atoms with Crippen LogP contribution in [0.3, 0.4) is 0 Å². The first kappa shape index (κ1) is 17.2. The van der Waals surface area contributed by atoms with Crippen molar-refractivity contribution in [3.8, 4) is 11.5 Å². The van der Waals surface area contributed by atoms with Crippen molar-refractivity contribution in [2.75, 3.05) is 26.9 Å². The van der Waals surface area contributed by atoms with E-state index in [4.69, 9.17) is 9.47 Å². The van der Waals surface area contributed by atoms with Crippen molar-refractivity contribution in [3.05, 3.63) is 40.1 Å². The maximum Gasteiger partial charge on any atom is 0.231 e. The molecule has 1 unspecified atom stereocenters. The number of hydrogen-bond acceptors (Lipinski definition) is 4. The van der Waals surface area contributed by atoms with E-state index in [0.29, 0.717) is 12.5 Å². The van der Waals surface area contributed by atoms with Gasteiger partial charge in [-0.1, -0.05) is 0 Å². The molecule has 8 heteroatoms. The fraction of sp³-hybridized carbons (Fsp3) is 0.444. The molecule has 138 valence electrons. The zero-order valence-corrected chi connectivity index (χ0v) is 16.5. The van der Waals surface area contributed by atoms with Crippen molar-refractivity contribution in [2.24, 2.45) is 12.0 Å². The minimum atomic E-state index is 0.274. The van der Waals surface area contributed by atoms with Gasteiger partial charge in [-0.3, -0.25) is 9.67 Å². The molecule has 0 saturated carbocycles. The highest BCUT2D eigenvalue weighted by Crippen LogP contribution is 2.40. The largest absolute Gasteiger partial charge is 0.454 e. The third-order valence-corrected chi connectivity index (χ3v) is 5.42. The Bertz CT molecular complexity index is 835. The standard InChI is InChI=1S/C18H22BrN5O2/c1-20-18(24-4-3-13(10-24)14-8-22-23(2)9-14)21-7-12-5-15(19)17-16(6-12)25-11-26-17/h5-6,8-9,13H,3-4,7,10-11H2,1-2H3,(H,20,21). The molecule has 7 nitrogen and oxygen atoms in total. The Morgan fingerprint density at radius 2 is 2.31 bits per heavy atom. The summed E-state index contributed by atoms with van der Waals surface area (Å²) in [6.45, 7) is 2.90. The topological polar surface area (TPSA) is 63.9 Å². The fourth-order valence-electron chi connectivity index (χ4n) is 3.51. The number of rotatable bonds is 3. The molecule has 0 spiro atoms. The van der Waals surface area contributed by atoms with Crippen molar-refractivity contribution in [2.45, 2.75) is 18.9 Å². The van der Waals surface area contributed by atoms with E-state index in [1.54, 1.807) is 0 Å². The summed E-state index contributed by atoms with van der Waals surface area (Å²) in [6, 6.07) is 4.06. The van der Waals surface area contributed by atoms with Gasteiger partial charge in [0.15, 0.2) is 17.5 Å². The summed E-state index contributed by atoms with van der Waals surface area (Å²) in [4.78, 5) is 6.76. The molecule has 0 amide bonds. The number of aliphatic imine (C=N–C) groups is 1. The number of fused-ring (bicyclic) bond motifs is 1. The number of likely N-dealkylation sites (tertiary alicyclic amines) is 1. The molecule has 1 atom stereocenters. The normalized spacial score (nSPS) is 19.3. The van der Waals surface area contributed by atoms with E-state index < -0.39 is 0 Å². The van der Waals surface area contributed by atoms with E-state index in [-0.39, 0.29) is 6.79 Å². The number of guanidine groups is 1. The van der Waals surface area contributed by atoms with Crippen molar-refractivity contribution < 1.29 is 9.47 Å². The van der Waals surface area contributed by atoms with Crippen LogP contribution in [-0.4, -0.2) is 47.6 Å². The molecule has 2 aliphatic rings. The minimum Gasteiger partial charge on any atom is -0.454 e. The molecule has 1 fully saturated rings. The highest BCUT2D eigenvalue weighted by molar-refractivity contribution is 9.10. The Kier molecular flexibility index (Phi) is 4.76. The third-order valence-electron chi connectivity index (χ3n) is 4.83. The molecule has 1 aromatic carbocycles. The van der Waals surface area contributed by atoms with Gasteiger partial charge in [-0.25, -0.2) is 0 Å². The van der Waals surface area contributed by atoms with Crippen molar-refractivity contribution in [1.29, 1.82) is 0 Å². The molecule has 26 heavy (non-hydrogen) atoms. The van der Waals surface area contributed by atoms with E-state index in [2.05, 4.69) is 48.5 Å². The number of halogens is 1. The van der Waals surface area contributed by atoms with E-state index >= 15 is 0 Å². The lowest BCUT2D eigenvalue weighted by molar-refractivity contribution is 0.173. The molecule has 2 aliphatic heterocycles. The van der Waals surface area contributed by atoms with Crippen molar-refractivity contribution >= 4 is 21.9 Å². The maximum atomic E-state index is 5.49. The predicted octanol–water partition coefficient (Wildman–Crippen LogP) is 2.48. The summed E-state index contributed by atoms with van der Waals surface area (Å²) in [5.74, 6) is 2.98. The van der Waals surface area contributed by atoms with Gasteiger partial charge in [0.05, 0.1) is 10.7 Å². The zero-order valence-electron chi connectivity index (χ0n) is 14.9. The summed E-state index contributed by atoms with van der Waals surface area (Å²) in [7, 11) is 3.79. The fourth-order valence-corrected chi connectivity index (χ4v) is 4.12. The summed E-state index contributed by atoms with van der Waals surface area (Å²) in [5.41, 5.74) is 2.41. The second kappa shape index (κ2) is 7.19. The summed E-state index contributed by atoms with van der Waals surface area (Å²) < 4.78 is 13.7. The maximum absolute atomic E-state index is 5.49. The van der Waals surface area contributed by atoms with Gasteiger partial charge in [0, 0.05) is 45.8 Å². The number of ether oxygens (including phenoxy) is 2. The molecule has 1 aromatic heterocycles. The smallest absolute Gasteiger partial charge is 0.231 e. The Morgan fingerprint density at radius 1 is 1.42 bits per heavy atom. The van der Waals surface area contributed by atoms with Gasteiger partial charge in [0.1, 0.15) is 0 Å². The van der Waals surface area contributed by atoms with Crippen LogP contribution in [0.4, 0.5) is 0 Å². The van der Waals surface area contributed by atoms with Crippen molar-refractivity contribution in [3.63, 3.8) is 0 Å². The van der Waals surface area contributed by atoms with E-state index in [9.17, 15) is 0 Å². The Hall–Kier alpha value is -2.22. The predicted molar refractivity (Wildman–Crippen MR) is 103 cm³/mol. The van der Waals surface area contributed by atoms with Gasteiger partial charge in [-0.15, -0.1) is 0 Å². The summed E-state index contributed by atoms with van der Waals surface area (Å²) in [5, 5.41) is 7.75. The first-order valence-corrected chi connectivity index (χ1v) is 9.45. The molecule has 2 aromatic rings. The molecule has 1 N–H and O–H groups in total. The molecule has 0 aliphatic carbocycles. The van der Waals surface area contributed by atoms with Gasteiger partial charge in [-0.2, -0.15) is 5.10 Å². The third kappa shape index (κ3) is 3.38. The van der Waals surface area contributed by atoms with Gasteiger partial charge < -0.3 is 19.7 Å². The van der Waals surface area contributed by atoms with E-state index in [0.717, 1.165) is 47.0 Å². The molecular formula is C18H22BrN5O2. The van der Waals surface area contributed by atoms with Crippen LogP contribution in [0.1, 0.15) is 23.5 Å². The van der Waals surface area contributed by atoms with Crippen LogP contribution in [0.2, 0.25) is 0 Å². The average Bonchev–Trinajstić information content (AvgIpc) is 3.35. The van der Waals surface area contributed by atoms with Crippen LogP contribution in [0.25, 0.3) is 0 Å². The number of hydrogen-bond donors (Lipinski definition) is 1. The summed E-state index contributed by atoms with van der Waals surface area (Å²) in [6.07, 6.45) is 5.19.